The first-order chi connectivity index (χ1) is 7.00. The summed E-state index contributed by atoms with van der Waals surface area (Å²) >= 11 is 0. The van der Waals surface area contributed by atoms with E-state index in [9.17, 15) is 4.79 Å². The number of nitrogens with one attached hydrogen (secondary N) is 1. The zero-order chi connectivity index (χ0) is 11.2. The second kappa shape index (κ2) is 3.09. The summed E-state index contributed by atoms with van der Waals surface area (Å²) in [6.45, 7) is 3.81. The standard InChI is InChI=1S/C9H12N4O2/c1-4-5(2)13-3-6(7(10)8(14)15)12-9(13)11-4/h3,7H,10H2,1-2H3,(H,11,12)(H,14,15). The summed E-state index contributed by atoms with van der Waals surface area (Å²) in [5.41, 5.74) is 7.82. The Morgan fingerprint density at radius 3 is 2.87 bits per heavy atom. The second-order valence-corrected chi connectivity index (χ2v) is 3.50. The van der Waals surface area contributed by atoms with Gasteiger partial charge in [0, 0.05) is 11.9 Å². The summed E-state index contributed by atoms with van der Waals surface area (Å²) in [5.74, 6) is -0.439. The van der Waals surface area contributed by atoms with Gasteiger partial charge in [0.1, 0.15) is 6.04 Å². The van der Waals surface area contributed by atoms with Gasteiger partial charge in [0.2, 0.25) is 5.78 Å². The SMILES string of the molecule is Cc1nc2[nH]c(C(N)C(=O)O)cn2c1C. The van der Waals surface area contributed by atoms with Crippen molar-refractivity contribution >= 4 is 11.7 Å². The van der Waals surface area contributed by atoms with E-state index in [2.05, 4.69) is 9.97 Å². The number of carboxylic acids is 1. The molecular weight excluding hydrogens is 196 g/mol. The van der Waals surface area contributed by atoms with Crippen molar-refractivity contribution in [1.29, 1.82) is 0 Å². The molecule has 15 heavy (non-hydrogen) atoms. The van der Waals surface area contributed by atoms with Crippen LogP contribution in [0.3, 0.4) is 0 Å². The first-order valence-corrected chi connectivity index (χ1v) is 4.53. The molecule has 0 spiro atoms. The molecule has 2 heterocycles. The van der Waals surface area contributed by atoms with Gasteiger partial charge in [-0.2, -0.15) is 0 Å². The molecule has 1 unspecified atom stereocenters. The van der Waals surface area contributed by atoms with Crippen molar-refractivity contribution in [2.75, 3.05) is 0 Å². The van der Waals surface area contributed by atoms with E-state index < -0.39 is 12.0 Å². The number of aromatic amines is 1. The van der Waals surface area contributed by atoms with Crippen molar-refractivity contribution in [3.05, 3.63) is 23.3 Å². The molecule has 2 rings (SSSR count). The minimum absolute atomic E-state index is 0.452. The summed E-state index contributed by atoms with van der Waals surface area (Å²) in [7, 11) is 0. The highest BCUT2D eigenvalue weighted by molar-refractivity contribution is 5.74. The zero-order valence-corrected chi connectivity index (χ0v) is 8.48. The van der Waals surface area contributed by atoms with Gasteiger partial charge in [-0.05, 0) is 13.8 Å². The van der Waals surface area contributed by atoms with Crippen LogP contribution in [0.2, 0.25) is 0 Å². The van der Waals surface area contributed by atoms with Crippen molar-refractivity contribution in [3.63, 3.8) is 0 Å². The maximum atomic E-state index is 10.7. The molecule has 6 nitrogen and oxygen atoms in total. The van der Waals surface area contributed by atoms with E-state index in [1.165, 1.54) is 0 Å². The highest BCUT2D eigenvalue weighted by Crippen LogP contribution is 2.15. The second-order valence-electron chi connectivity index (χ2n) is 3.50. The largest absolute Gasteiger partial charge is 0.480 e. The molecule has 0 aliphatic rings. The van der Waals surface area contributed by atoms with E-state index in [0.29, 0.717) is 11.5 Å². The predicted octanol–water partition coefficient (Wildman–Crippen LogP) is 0.364. The molecule has 6 heteroatoms. The Morgan fingerprint density at radius 2 is 2.33 bits per heavy atom. The van der Waals surface area contributed by atoms with Gasteiger partial charge in [0.15, 0.2) is 0 Å². The first kappa shape index (κ1) is 9.72. The maximum Gasteiger partial charge on any atom is 0.326 e. The number of aromatic nitrogens is 3. The van der Waals surface area contributed by atoms with Gasteiger partial charge in [-0.1, -0.05) is 0 Å². The lowest BCUT2D eigenvalue weighted by atomic mass is 10.2. The fourth-order valence-electron chi connectivity index (χ4n) is 1.46. The summed E-state index contributed by atoms with van der Waals surface area (Å²) in [6.07, 6.45) is 1.67. The van der Waals surface area contributed by atoms with E-state index in [0.717, 1.165) is 11.4 Å². The summed E-state index contributed by atoms with van der Waals surface area (Å²) in [4.78, 5) is 17.8. The Balaban J connectivity index is 2.53. The molecule has 0 aliphatic heterocycles. The molecule has 0 aliphatic carbocycles. The average molecular weight is 208 g/mol. The van der Waals surface area contributed by atoms with Crippen LogP contribution in [-0.2, 0) is 4.79 Å². The monoisotopic (exact) mass is 208 g/mol. The summed E-state index contributed by atoms with van der Waals surface area (Å²) < 4.78 is 1.80. The normalized spacial score (nSPS) is 13.3. The van der Waals surface area contributed by atoms with E-state index in [1.54, 1.807) is 10.6 Å². The van der Waals surface area contributed by atoms with E-state index >= 15 is 0 Å². The number of aliphatic carboxylic acids is 1. The smallest absolute Gasteiger partial charge is 0.326 e. The molecule has 0 saturated heterocycles. The molecule has 0 fully saturated rings. The van der Waals surface area contributed by atoms with Crippen LogP contribution in [0.15, 0.2) is 6.20 Å². The highest BCUT2D eigenvalue weighted by atomic mass is 16.4. The number of carbonyl (C=O) groups is 1. The van der Waals surface area contributed by atoms with Crippen LogP contribution in [0.25, 0.3) is 5.78 Å². The minimum atomic E-state index is -1.06. The molecule has 0 radical (unpaired) electrons. The summed E-state index contributed by atoms with van der Waals surface area (Å²) in [5, 5.41) is 8.75. The Hall–Kier alpha value is -1.82. The van der Waals surface area contributed by atoms with Crippen LogP contribution in [-0.4, -0.2) is 25.4 Å². The van der Waals surface area contributed by atoms with Crippen LogP contribution >= 0.6 is 0 Å². The van der Waals surface area contributed by atoms with Gasteiger partial charge < -0.3 is 15.8 Å². The topological polar surface area (TPSA) is 96.4 Å². The fourth-order valence-corrected chi connectivity index (χ4v) is 1.46. The van der Waals surface area contributed by atoms with Crippen molar-refractivity contribution < 1.29 is 9.90 Å². The third kappa shape index (κ3) is 1.39. The molecular formula is C9H12N4O2. The number of hydrogen-bond donors (Lipinski definition) is 3. The van der Waals surface area contributed by atoms with Crippen LogP contribution in [0.5, 0.6) is 0 Å². The molecule has 1 atom stereocenters. The van der Waals surface area contributed by atoms with E-state index in [1.807, 2.05) is 13.8 Å². The number of imidazole rings is 2. The first-order valence-electron chi connectivity index (χ1n) is 4.53. The molecule has 2 aromatic heterocycles. The van der Waals surface area contributed by atoms with E-state index in [-0.39, 0.29) is 0 Å². The average Bonchev–Trinajstić information content (AvgIpc) is 2.67. The number of nitrogens with two attached hydrogens (primary N) is 1. The third-order valence-corrected chi connectivity index (χ3v) is 2.51. The van der Waals surface area contributed by atoms with Gasteiger partial charge in [-0.15, -0.1) is 0 Å². The number of nitrogens with zero attached hydrogens (tertiary/aromatic N) is 2. The number of carboxylic acid groups (broad SMARTS) is 1. The van der Waals surface area contributed by atoms with E-state index in [4.69, 9.17) is 10.8 Å². The molecule has 0 aromatic carbocycles. The predicted molar refractivity (Wildman–Crippen MR) is 53.6 cm³/mol. The Labute approximate surface area is 85.7 Å². The molecule has 0 bridgehead atoms. The molecule has 0 amide bonds. The van der Waals surface area contributed by atoms with Crippen LogP contribution in [0.4, 0.5) is 0 Å². The number of fused-ring (bicyclic) bond motifs is 1. The fraction of sp³-hybridized carbons (Fsp3) is 0.333. The van der Waals surface area contributed by atoms with Gasteiger partial charge in [0.05, 0.1) is 11.4 Å². The van der Waals surface area contributed by atoms with Crippen LogP contribution < -0.4 is 5.73 Å². The van der Waals surface area contributed by atoms with Gasteiger partial charge in [-0.3, -0.25) is 9.20 Å². The van der Waals surface area contributed by atoms with Crippen molar-refractivity contribution in [3.8, 4) is 0 Å². The highest BCUT2D eigenvalue weighted by Gasteiger charge is 2.18. The number of rotatable bonds is 2. The lowest BCUT2D eigenvalue weighted by molar-refractivity contribution is -0.138. The maximum absolute atomic E-state index is 10.7. The molecule has 80 valence electrons. The molecule has 4 N–H and O–H groups in total. The van der Waals surface area contributed by atoms with Crippen molar-refractivity contribution in [1.82, 2.24) is 14.4 Å². The number of H-pyrrole nitrogens is 1. The van der Waals surface area contributed by atoms with Gasteiger partial charge >= 0.3 is 5.97 Å². The van der Waals surface area contributed by atoms with Gasteiger partial charge in [-0.25, -0.2) is 4.98 Å². The van der Waals surface area contributed by atoms with Crippen molar-refractivity contribution in [2.24, 2.45) is 5.73 Å². The lowest BCUT2D eigenvalue weighted by Crippen LogP contribution is -2.20. The Bertz CT molecular complexity index is 525. The minimum Gasteiger partial charge on any atom is -0.480 e. The number of aryl methyl sites for hydroxylation is 2. The quantitative estimate of drug-likeness (QED) is 0.664. The number of hydrogen-bond acceptors (Lipinski definition) is 3. The lowest BCUT2D eigenvalue weighted by Gasteiger charge is -2.01. The Morgan fingerprint density at radius 1 is 1.67 bits per heavy atom. The molecule has 2 aromatic rings. The third-order valence-electron chi connectivity index (χ3n) is 2.51. The van der Waals surface area contributed by atoms with Crippen LogP contribution in [0, 0.1) is 13.8 Å². The Kier molecular flexibility index (Phi) is 2.01. The van der Waals surface area contributed by atoms with Crippen LogP contribution in [0.1, 0.15) is 23.1 Å². The zero-order valence-electron chi connectivity index (χ0n) is 8.48. The summed E-state index contributed by atoms with van der Waals surface area (Å²) in [6, 6.07) is -1.04. The van der Waals surface area contributed by atoms with Gasteiger partial charge in [0.25, 0.3) is 0 Å². The molecule has 0 saturated carbocycles. The van der Waals surface area contributed by atoms with Crippen molar-refractivity contribution in [2.45, 2.75) is 19.9 Å².